The minimum atomic E-state index is -1.23. The van der Waals surface area contributed by atoms with Crippen LogP contribution in [0.1, 0.15) is 35.9 Å². The number of hydrogen-bond donors (Lipinski definition) is 1. The standard InChI is InChI=1S/C15H18ClN3O2/c1-10-4-6-18(7-5-10)9-12-14(15(20)21)17-13-3-2-11(16)8-19(12)13/h2-3,8,10H,4-7,9H2,1H3,(H,20,21). The lowest BCUT2D eigenvalue weighted by Crippen LogP contribution is -3.11. The minimum absolute atomic E-state index is 0.0309. The fraction of sp³-hybridized carbons (Fsp3) is 0.467. The molecule has 6 heteroatoms. The van der Waals surface area contributed by atoms with E-state index in [1.807, 2.05) is 0 Å². The SMILES string of the molecule is CC1CC[NH+](Cc2c(C(=O)[O-])nc3ccc(Cl)cn23)CC1. The van der Waals surface area contributed by atoms with E-state index in [4.69, 9.17) is 11.6 Å². The molecule has 1 saturated heterocycles. The molecule has 3 heterocycles. The number of piperidine rings is 1. The zero-order valence-electron chi connectivity index (χ0n) is 11.9. The molecule has 1 fully saturated rings. The highest BCUT2D eigenvalue weighted by atomic mass is 35.5. The predicted molar refractivity (Wildman–Crippen MR) is 77.3 cm³/mol. The molecular formula is C15H18ClN3O2. The second-order valence-electron chi connectivity index (χ2n) is 5.88. The lowest BCUT2D eigenvalue weighted by atomic mass is 9.99. The Morgan fingerprint density at radius 1 is 1.48 bits per heavy atom. The Kier molecular flexibility index (Phi) is 3.87. The second-order valence-corrected chi connectivity index (χ2v) is 6.32. The van der Waals surface area contributed by atoms with Crippen LogP contribution in [-0.4, -0.2) is 28.4 Å². The quantitative estimate of drug-likeness (QED) is 0.879. The Morgan fingerprint density at radius 3 is 2.86 bits per heavy atom. The van der Waals surface area contributed by atoms with Gasteiger partial charge in [0.2, 0.25) is 0 Å². The molecule has 1 aliphatic heterocycles. The largest absolute Gasteiger partial charge is 0.543 e. The third kappa shape index (κ3) is 2.89. The van der Waals surface area contributed by atoms with Gasteiger partial charge in [-0.3, -0.25) is 4.40 Å². The summed E-state index contributed by atoms with van der Waals surface area (Å²) in [6, 6.07) is 3.44. The van der Waals surface area contributed by atoms with Gasteiger partial charge >= 0.3 is 0 Å². The van der Waals surface area contributed by atoms with Gasteiger partial charge in [0.15, 0.2) is 0 Å². The van der Waals surface area contributed by atoms with Crippen LogP contribution >= 0.6 is 11.6 Å². The average Bonchev–Trinajstić information content (AvgIpc) is 2.80. The lowest BCUT2D eigenvalue weighted by molar-refractivity contribution is -0.920. The number of carboxylic acid groups (broad SMARTS) is 1. The molecule has 3 rings (SSSR count). The fourth-order valence-corrected chi connectivity index (χ4v) is 3.14. The second kappa shape index (κ2) is 5.66. The van der Waals surface area contributed by atoms with E-state index in [0.717, 1.165) is 19.0 Å². The van der Waals surface area contributed by atoms with Crippen LogP contribution in [0.4, 0.5) is 0 Å². The summed E-state index contributed by atoms with van der Waals surface area (Å²) in [5.41, 5.74) is 1.30. The molecule has 112 valence electrons. The van der Waals surface area contributed by atoms with E-state index >= 15 is 0 Å². The van der Waals surface area contributed by atoms with Crippen LogP contribution in [0.25, 0.3) is 5.65 Å². The minimum Gasteiger partial charge on any atom is -0.543 e. The first-order chi connectivity index (χ1) is 10.0. The van der Waals surface area contributed by atoms with Crippen LogP contribution in [0.15, 0.2) is 18.3 Å². The van der Waals surface area contributed by atoms with E-state index in [9.17, 15) is 9.90 Å². The number of halogens is 1. The summed E-state index contributed by atoms with van der Waals surface area (Å²) in [6.45, 7) is 5.01. The highest BCUT2D eigenvalue weighted by Crippen LogP contribution is 2.16. The van der Waals surface area contributed by atoms with Gasteiger partial charge in [0.1, 0.15) is 23.6 Å². The van der Waals surface area contributed by atoms with Crippen LogP contribution in [0.5, 0.6) is 0 Å². The number of quaternary nitrogens is 1. The number of aromatic carboxylic acids is 1. The van der Waals surface area contributed by atoms with Crippen LogP contribution in [-0.2, 0) is 6.54 Å². The van der Waals surface area contributed by atoms with Gasteiger partial charge in [-0.1, -0.05) is 18.5 Å². The van der Waals surface area contributed by atoms with Gasteiger partial charge in [0.05, 0.1) is 24.1 Å². The van der Waals surface area contributed by atoms with Crippen LogP contribution in [0, 0.1) is 5.92 Å². The van der Waals surface area contributed by atoms with Gasteiger partial charge < -0.3 is 14.8 Å². The predicted octanol–water partition coefficient (Wildman–Crippen LogP) is 0.166. The van der Waals surface area contributed by atoms with Gasteiger partial charge in [0.25, 0.3) is 0 Å². The number of pyridine rings is 1. The first-order valence-corrected chi connectivity index (χ1v) is 7.64. The lowest BCUT2D eigenvalue weighted by Gasteiger charge is -2.27. The molecule has 21 heavy (non-hydrogen) atoms. The summed E-state index contributed by atoms with van der Waals surface area (Å²) < 4.78 is 1.78. The average molecular weight is 308 g/mol. The van der Waals surface area contributed by atoms with Gasteiger partial charge in [0, 0.05) is 6.20 Å². The molecule has 1 aliphatic rings. The molecule has 0 aromatic carbocycles. The third-order valence-corrected chi connectivity index (χ3v) is 4.50. The summed E-state index contributed by atoms with van der Waals surface area (Å²) in [7, 11) is 0. The first-order valence-electron chi connectivity index (χ1n) is 7.26. The third-order valence-electron chi connectivity index (χ3n) is 4.27. The van der Waals surface area contributed by atoms with E-state index in [1.54, 1.807) is 22.7 Å². The van der Waals surface area contributed by atoms with Crippen molar-refractivity contribution in [1.29, 1.82) is 0 Å². The summed E-state index contributed by atoms with van der Waals surface area (Å²) in [6.07, 6.45) is 4.07. The number of rotatable bonds is 3. The highest BCUT2D eigenvalue weighted by molar-refractivity contribution is 6.30. The van der Waals surface area contributed by atoms with Gasteiger partial charge in [-0.15, -0.1) is 0 Å². The normalized spacial score (nSPS) is 22.6. The number of aromatic nitrogens is 2. The molecule has 0 spiro atoms. The number of likely N-dealkylation sites (tertiary alicyclic amines) is 1. The van der Waals surface area contributed by atoms with E-state index in [0.29, 0.717) is 22.9 Å². The maximum atomic E-state index is 11.3. The molecule has 0 amide bonds. The Hall–Kier alpha value is -1.59. The molecule has 2 aromatic rings. The number of carboxylic acids is 1. The van der Waals surface area contributed by atoms with Crippen molar-refractivity contribution in [3.63, 3.8) is 0 Å². The molecule has 5 nitrogen and oxygen atoms in total. The van der Waals surface area contributed by atoms with Crippen molar-refractivity contribution < 1.29 is 14.8 Å². The van der Waals surface area contributed by atoms with Crippen LogP contribution in [0.3, 0.4) is 0 Å². The van der Waals surface area contributed by atoms with Gasteiger partial charge in [-0.05, 0) is 30.9 Å². The highest BCUT2D eigenvalue weighted by Gasteiger charge is 2.23. The topological polar surface area (TPSA) is 61.9 Å². The van der Waals surface area contributed by atoms with E-state index in [-0.39, 0.29) is 5.69 Å². The first kappa shape index (κ1) is 14.4. The van der Waals surface area contributed by atoms with E-state index in [1.165, 1.54) is 17.7 Å². The number of carbonyl (C=O) groups is 1. The summed E-state index contributed by atoms with van der Waals surface area (Å²) >= 11 is 6.02. The number of carbonyl (C=O) groups excluding carboxylic acids is 1. The molecule has 1 N–H and O–H groups in total. The maximum Gasteiger partial charge on any atom is 0.137 e. The van der Waals surface area contributed by atoms with Crippen molar-refractivity contribution in [3.8, 4) is 0 Å². The van der Waals surface area contributed by atoms with Crippen molar-refractivity contribution in [2.75, 3.05) is 13.1 Å². The number of fused-ring (bicyclic) bond motifs is 1. The zero-order chi connectivity index (χ0) is 15.0. The van der Waals surface area contributed by atoms with E-state index in [2.05, 4.69) is 11.9 Å². The molecule has 0 atom stereocenters. The fourth-order valence-electron chi connectivity index (χ4n) is 2.98. The molecule has 0 radical (unpaired) electrons. The Labute approximate surface area is 128 Å². The van der Waals surface area contributed by atoms with Crippen molar-refractivity contribution in [2.24, 2.45) is 5.92 Å². The monoisotopic (exact) mass is 307 g/mol. The van der Waals surface area contributed by atoms with Crippen molar-refractivity contribution in [2.45, 2.75) is 26.3 Å². The summed E-state index contributed by atoms with van der Waals surface area (Å²) in [5, 5.41) is 11.9. The number of imidazole rings is 1. The zero-order valence-corrected chi connectivity index (χ0v) is 12.7. The summed E-state index contributed by atoms with van der Waals surface area (Å²) in [4.78, 5) is 16.9. The Morgan fingerprint density at radius 2 is 2.19 bits per heavy atom. The maximum absolute atomic E-state index is 11.3. The molecule has 0 unspecified atom stereocenters. The molecule has 0 saturated carbocycles. The van der Waals surface area contributed by atoms with Gasteiger partial charge in [-0.25, -0.2) is 4.98 Å². The molecular weight excluding hydrogens is 290 g/mol. The molecule has 2 aromatic heterocycles. The number of nitrogens with one attached hydrogen (secondary N) is 1. The molecule has 0 aliphatic carbocycles. The number of nitrogens with zero attached hydrogens (tertiary/aromatic N) is 2. The summed E-state index contributed by atoms with van der Waals surface area (Å²) in [5.74, 6) is -0.472. The van der Waals surface area contributed by atoms with Crippen molar-refractivity contribution in [1.82, 2.24) is 9.38 Å². The van der Waals surface area contributed by atoms with Gasteiger partial charge in [-0.2, -0.15) is 0 Å². The Bertz CT molecular complexity index is 675. The van der Waals surface area contributed by atoms with Crippen LogP contribution in [0.2, 0.25) is 5.02 Å². The van der Waals surface area contributed by atoms with Crippen LogP contribution < -0.4 is 10.0 Å². The number of hydrogen-bond acceptors (Lipinski definition) is 3. The van der Waals surface area contributed by atoms with Crippen molar-refractivity contribution >= 4 is 23.2 Å². The van der Waals surface area contributed by atoms with E-state index < -0.39 is 5.97 Å². The van der Waals surface area contributed by atoms with Crippen molar-refractivity contribution in [3.05, 3.63) is 34.7 Å². The Balaban J connectivity index is 1.97. The molecule has 0 bridgehead atoms. The smallest absolute Gasteiger partial charge is 0.137 e.